The van der Waals surface area contributed by atoms with Gasteiger partial charge in [-0.15, -0.1) is 6.58 Å². The maximum absolute atomic E-state index is 9.46. The van der Waals surface area contributed by atoms with Gasteiger partial charge in [0.1, 0.15) is 5.75 Å². The van der Waals surface area contributed by atoms with E-state index in [0.29, 0.717) is 29.4 Å². The summed E-state index contributed by atoms with van der Waals surface area (Å²) < 4.78 is 16.9. The molecule has 1 aliphatic heterocycles. The van der Waals surface area contributed by atoms with Crippen LogP contribution in [0.3, 0.4) is 0 Å². The molecule has 0 amide bonds. The number of ether oxygens (including phenoxy) is 3. The minimum atomic E-state index is -0.267. The van der Waals surface area contributed by atoms with Gasteiger partial charge in [0.2, 0.25) is 0 Å². The summed E-state index contributed by atoms with van der Waals surface area (Å²) in [6.45, 7) is 6.07. The van der Waals surface area contributed by atoms with E-state index in [4.69, 9.17) is 14.2 Å². The molecule has 128 valence electrons. The van der Waals surface area contributed by atoms with Gasteiger partial charge in [0, 0.05) is 11.1 Å². The zero-order valence-electron chi connectivity index (χ0n) is 13.7. The van der Waals surface area contributed by atoms with E-state index in [-0.39, 0.29) is 26.3 Å². The molecule has 2 atom stereocenters. The van der Waals surface area contributed by atoms with Gasteiger partial charge in [-0.1, -0.05) is 23.8 Å². The Morgan fingerprint density at radius 3 is 2.48 bits per heavy atom. The highest BCUT2D eigenvalue weighted by molar-refractivity contribution is 5.43. The van der Waals surface area contributed by atoms with Crippen LogP contribution >= 0.6 is 0 Å². The molecule has 1 aromatic carbocycles. The van der Waals surface area contributed by atoms with Gasteiger partial charge in [-0.3, -0.25) is 0 Å². The molecule has 0 bridgehead atoms. The number of benzene rings is 1. The highest BCUT2D eigenvalue weighted by Gasteiger charge is 2.21. The molecule has 5 heteroatoms. The molecular weight excluding hydrogens is 296 g/mol. The molecule has 1 heterocycles. The van der Waals surface area contributed by atoms with E-state index in [0.717, 1.165) is 24.8 Å². The van der Waals surface area contributed by atoms with Crippen LogP contribution in [0.5, 0.6) is 5.75 Å². The van der Waals surface area contributed by atoms with E-state index in [1.807, 2.05) is 25.1 Å². The summed E-state index contributed by atoms with van der Waals surface area (Å²) in [4.78, 5) is 0. The normalized spacial score (nSPS) is 21.2. The Bertz CT molecular complexity index is 481. The fraction of sp³-hybridized carbons (Fsp3) is 0.556. The third-order valence-corrected chi connectivity index (χ3v) is 4.01. The van der Waals surface area contributed by atoms with Crippen molar-refractivity contribution in [3.8, 4) is 5.75 Å². The smallest absolute Gasteiger partial charge is 0.191 e. The SMILES string of the molecule is C=CCC1CCC(OCOc2c(CO)cc(C)cc2CO)OC1. The zero-order chi connectivity index (χ0) is 16.7. The van der Waals surface area contributed by atoms with E-state index in [2.05, 4.69) is 6.58 Å². The summed E-state index contributed by atoms with van der Waals surface area (Å²) in [5.74, 6) is 1.01. The predicted molar refractivity (Wildman–Crippen MR) is 86.9 cm³/mol. The third kappa shape index (κ3) is 5.04. The van der Waals surface area contributed by atoms with Crippen LogP contribution in [0, 0.1) is 12.8 Å². The van der Waals surface area contributed by atoms with Crippen molar-refractivity contribution in [2.75, 3.05) is 13.4 Å². The van der Waals surface area contributed by atoms with Crippen molar-refractivity contribution in [2.24, 2.45) is 5.92 Å². The van der Waals surface area contributed by atoms with E-state index in [9.17, 15) is 10.2 Å². The maximum Gasteiger partial charge on any atom is 0.191 e. The summed E-state index contributed by atoms with van der Waals surface area (Å²) in [5, 5.41) is 18.9. The Morgan fingerprint density at radius 2 is 1.96 bits per heavy atom. The zero-order valence-corrected chi connectivity index (χ0v) is 13.7. The molecule has 0 aromatic heterocycles. The topological polar surface area (TPSA) is 68.2 Å². The maximum atomic E-state index is 9.46. The van der Waals surface area contributed by atoms with Gasteiger partial charge in [-0.05, 0) is 32.1 Å². The fourth-order valence-electron chi connectivity index (χ4n) is 2.85. The molecule has 1 aliphatic rings. The molecule has 0 saturated carbocycles. The molecule has 2 rings (SSSR count). The highest BCUT2D eigenvalue weighted by atomic mass is 16.7. The summed E-state index contributed by atoms with van der Waals surface area (Å²) in [5.41, 5.74) is 2.26. The molecular formula is C18H26O5. The lowest BCUT2D eigenvalue weighted by Crippen LogP contribution is -2.29. The fourth-order valence-corrected chi connectivity index (χ4v) is 2.85. The van der Waals surface area contributed by atoms with Gasteiger partial charge in [-0.25, -0.2) is 0 Å². The van der Waals surface area contributed by atoms with E-state index in [1.54, 1.807) is 0 Å². The standard InChI is InChI=1S/C18H26O5/c1-3-4-14-5-6-17(21-11-14)22-12-23-18-15(9-19)7-13(2)8-16(18)10-20/h3,7-8,14,17,19-20H,1,4-6,9-12H2,2H3. The van der Waals surface area contributed by atoms with Crippen LogP contribution in [-0.2, 0) is 22.7 Å². The van der Waals surface area contributed by atoms with Crippen molar-refractivity contribution < 1.29 is 24.4 Å². The minimum Gasteiger partial charge on any atom is -0.467 e. The summed E-state index contributed by atoms with van der Waals surface area (Å²) >= 11 is 0. The molecule has 0 radical (unpaired) electrons. The van der Waals surface area contributed by atoms with Crippen LogP contribution in [0.4, 0.5) is 0 Å². The number of aliphatic hydroxyl groups excluding tert-OH is 2. The Hall–Kier alpha value is -1.40. The monoisotopic (exact) mass is 322 g/mol. The summed E-state index contributed by atoms with van der Waals surface area (Å²) in [6.07, 6.45) is 4.49. The second-order valence-electron chi connectivity index (χ2n) is 5.89. The second kappa shape index (κ2) is 9.03. The Balaban J connectivity index is 1.86. The number of aliphatic hydroxyl groups is 2. The molecule has 2 unspecified atom stereocenters. The first-order valence-electron chi connectivity index (χ1n) is 7.99. The van der Waals surface area contributed by atoms with Gasteiger partial charge in [-0.2, -0.15) is 0 Å². The van der Waals surface area contributed by atoms with Crippen molar-refractivity contribution in [2.45, 2.75) is 45.7 Å². The van der Waals surface area contributed by atoms with Crippen LogP contribution in [0.1, 0.15) is 36.0 Å². The summed E-state index contributed by atoms with van der Waals surface area (Å²) in [6, 6.07) is 3.68. The number of aryl methyl sites for hydroxylation is 1. The second-order valence-corrected chi connectivity index (χ2v) is 5.89. The van der Waals surface area contributed by atoms with E-state index >= 15 is 0 Å². The Kier molecular flexibility index (Phi) is 7.05. The lowest BCUT2D eigenvalue weighted by atomic mass is 9.98. The van der Waals surface area contributed by atoms with Crippen LogP contribution in [0.25, 0.3) is 0 Å². The number of rotatable bonds is 8. The van der Waals surface area contributed by atoms with Crippen molar-refractivity contribution >= 4 is 0 Å². The lowest BCUT2D eigenvalue weighted by molar-refractivity contribution is -0.201. The molecule has 23 heavy (non-hydrogen) atoms. The molecule has 1 fully saturated rings. The quantitative estimate of drug-likeness (QED) is 0.569. The van der Waals surface area contributed by atoms with Crippen LogP contribution < -0.4 is 4.74 Å². The van der Waals surface area contributed by atoms with Gasteiger partial charge < -0.3 is 24.4 Å². The lowest BCUT2D eigenvalue weighted by Gasteiger charge is -2.28. The first kappa shape index (κ1) is 17.9. The molecule has 1 aromatic rings. The third-order valence-electron chi connectivity index (χ3n) is 4.01. The van der Waals surface area contributed by atoms with Crippen molar-refractivity contribution in [3.05, 3.63) is 41.5 Å². The first-order chi connectivity index (χ1) is 11.2. The molecule has 0 spiro atoms. The minimum absolute atomic E-state index is 0.0276. The molecule has 0 aliphatic carbocycles. The van der Waals surface area contributed by atoms with Crippen molar-refractivity contribution in [1.29, 1.82) is 0 Å². The highest BCUT2D eigenvalue weighted by Crippen LogP contribution is 2.27. The van der Waals surface area contributed by atoms with E-state index < -0.39 is 0 Å². The van der Waals surface area contributed by atoms with Gasteiger partial charge in [0.05, 0.1) is 19.8 Å². The molecule has 5 nitrogen and oxygen atoms in total. The number of allylic oxidation sites excluding steroid dienone is 1. The Labute approximate surface area is 137 Å². The largest absolute Gasteiger partial charge is 0.467 e. The predicted octanol–water partition coefficient (Wildman–Crippen LogP) is 2.66. The van der Waals surface area contributed by atoms with Crippen LogP contribution in [-0.4, -0.2) is 29.9 Å². The van der Waals surface area contributed by atoms with Crippen LogP contribution in [0.2, 0.25) is 0 Å². The van der Waals surface area contributed by atoms with E-state index in [1.165, 1.54) is 0 Å². The molecule has 2 N–H and O–H groups in total. The van der Waals surface area contributed by atoms with Gasteiger partial charge in [0.25, 0.3) is 0 Å². The number of hydrogen-bond acceptors (Lipinski definition) is 5. The molecule has 1 saturated heterocycles. The van der Waals surface area contributed by atoms with Crippen molar-refractivity contribution in [1.82, 2.24) is 0 Å². The average molecular weight is 322 g/mol. The van der Waals surface area contributed by atoms with Gasteiger partial charge in [0.15, 0.2) is 13.1 Å². The van der Waals surface area contributed by atoms with Crippen LogP contribution in [0.15, 0.2) is 24.8 Å². The van der Waals surface area contributed by atoms with Gasteiger partial charge >= 0.3 is 0 Å². The van der Waals surface area contributed by atoms with Crippen molar-refractivity contribution in [3.63, 3.8) is 0 Å². The Morgan fingerprint density at radius 1 is 1.26 bits per heavy atom. The number of hydrogen-bond donors (Lipinski definition) is 2. The first-order valence-corrected chi connectivity index (χ1v) is 7.99. The average Bonchev–Trinajstić information content (AvgIpc) is 2.57. The summed E-state index contributed by atoms with van der Waals surface area (Å²) in [7, 11) is 0.